The molecule has 1 N–H and O–H groups in total. The molecule has 6 heteroatoms. The third-order valence-electron chi connectivity index (χ3n) is 4.99. The Kier molecular flexibility index (Phi) is 4.31. The smallest absolute Gasteiger partial charge is 0.282 e. The van der Waals surface area contributed by atoms with Gasteiger partial charge in [-0.05, 0) is 35.0 Å². The number of fused-ring (bicyclic) bond motifs is 2. The third kappa shape index (κ3) is 3.32. The van der Waals surface area contributed by atoms with Gasteiger partial charge >= 0.3 is 0 Å². The van der Waals surface area contributed by atoms with Crippen LogP contribution in [-0.4, -0.2) is 22.9 Å². The van der Waals surface area contributed by atoms with E-state index in [-0.39, 0.29) is 4.90 Å². The summed E-state index contributed by atoms with van der Waals surface area (Å²) in [7, 11) is -4.28. The average Bonchev–Trinajstić information content (AvgIpc) is 2.77. The van der Waals surface area contributed by atoms with Crippen LogP contribution in [0.15, 0.2) is 95.9 Å². The number of aromatic nitrogens is 2. The van der Waals surface area contributed by atoms with E-state index in [0.717, 1.165) is 27.9 Å². The summed E-state index contributed by atoms with van der Waals surface area (Å²) in [4.78, 5) is 9.66. The van der Waals surface area contributed by atoms with E-state index in [1.807, 2.05) is 66.7 Å². The van der Waals surface area contributed by atoms with Gasteiger partial charge in [-0.15, -0.1) is 0 Å². The van der Waals surface area contributed by atoms with Crippen LogP contribution in [0.4, 0.5) is 0 Å². The van der Waals surface area contributed by atoms with E-state index in [2.05, 4.69) is 0 Å². The van der Waals surface area contributed by atoms with E-state index >= 15 is 0 Å². The first-order valence-corrected chi connectivity index (χ1v) is 10.8. The number of benzene rings is 4. The van der Waals surface area contributed by atoms with E-state index in [1.165, 1.54) is 12.1 Å². The Balaban J connectivity index is 1.82. The van der Waals surface area contributed by atoms with Gasteiger partial charge in [0, 0.05) is 11.1 Å². The molecule has 0 aliphatic heterocycles. The molecule has 5 aromatic rings. The second kappa shape index (κ2) is 7.02. The van der Waals surface area contributed by atoms with Crippen molar-refractivity contribution in [3.63, 3.8) is 0 Å². The second-order valence-corrected chi connectivity index (χ2v) is 8.40. The lowest BCUT2D eigenvalue weighted by atomic mass is 10.0. The van der Waals surface area contributed by atoms with Crippen molar-refractivity contribution in [2.45, 2.75) is 4.90 Å². The molecule has 1 aromatic heterocycles. The molecule has 0 amide bonds. The van der Waals surface area contributed by atoms with Crippen molar-refractivity contribution >= 4 is 31.9 Å². The first kappa shape index (κ1) is 18.4. The standard InChI is InChI=1S/C24H16N2O3S/c27-30(28,29)20-12-11-18-14-21-22(15-19(18)13-20)26-24(17-9-5-2-6-10-17)23(25-21)16-7-3-1-4-8-16/h1-15H,(H,27,28,29). The van der Waals surface area contributed by atoms with Crippen molar-refractivity contribution in [1.29, 1.82) is 0 Å². The van der Waals surface area contributed by atoms with E-state index in [1.54, 1.807) is 12.1 Å². The summed E-state index contributed by atoms with van der Waals surface area (Å²) in [5.74, 6) is 0. The molecule has 1 heterocycles. The van der Waals surface area contributed by atoms with Crippen LogP contribution in [0, 0.1) is 0 Å². The summed E-state index contributed by atoms with van der Waals surface area (Å²) in [6.07, 6.45) is 0. The van der Waals surface area contributed by atoms with E-state index in [9.17, 15) is 13.0 Å². The minimum Gasteiger partial charge on any atom is -0.282 e. The first-order chi connectivity index (χ1) is 14.5. The van der Waals surface area contributed by atoms with Crippen LogP contribution < -0.4 is 0 Å². The molecular formula is C24H16N2O3S. The van der Waals surface area contributed by atoms with Crippen LogP contribution >= 0.6 is 0 Å². The highest BCUT2D eigenvalue weighted by Crippen LogP contribution is 2.32. The molecular weight excluding hydrogens is 396 g/mol. The third-order valence-corrected chi connectivity index (χ3v) is 5.84. The van der Waals surface area contributed by atoms with Crippen molar-refractivity contribution < 1.29 is 13.0 Å². The van der Waals surface area contributed by atoms with Gasteiger partial charge in [0.15, 0.2) is 0 Å². The lowest BCUT2D eigenvalue weighted by Crippen LogP contribution is -1.98. The summed E-state index contributed by atoms with van der Waals surface area (Å²) < 4.78 is 32.4. The van der Waals surface area contributed by atoms with Crippen LogP contribution in [0.3, 0.4) is 0 Å². The van der Waals surface area contributed by atoms with Crippen LogP contribution in [-0.2, 0) is 10.1 Å². The van der Waals surface area contributed by atoms with Gasteiger partial charge in [0.1, 0.15) is 0 Å². The zero-order valence-electron chi connectivity index (χ0n) is 15.7. The minimum atomic E-state index is -4.28. The maximum atomic E-state index is 11.5. The van der Waals surface area contributed by atoms with E-state index < -0.39 is 10.1 Å². The molecule has 0 aliphatic carbocycles. The number of hydrogen-bond donors (Lipinski definition) is 1. The molecule has 0 saturated carbocycles. The molecule has 0 aliphatic rings. The van der Waals surface area contributed by atoms with Gasteiger partial charge in [-0.3, -0.25) is 4.55 Å². The molecule has 0 fully saturated rings. The normalized spacial score (nSPS) is 11.8. The fraction of sp³-hybridized carbons (Fsp3) is 0. The first-order valence-electron chi connectivity index (χ1n) is 9.33. The SMILES string of the molecule is O=S(=O)(O)c1ccc2cc3nc(-c4ccccc4)c(-c4ccccc4)nc3cc2c1. The Labute approximate surface area is 173 Å². The predicted molar refractivity (Wildman–Crippen MR) is 118 cm³/mol. The van der Waals surface area contributed by atoms with Gasteiger partial charge in [0.2, 0.25) is 0 Å². The van der Waals surface area contributed by atoms with Crippen LogP contribution in [0.1, 0.15) is 0 Å². The predicted octanol–water partition coefficient (Wildman–Crippen LogP) is 5.36. The minimum absolute atomic E-state index is 0.147. The van der Waals surface area contributed by atoms with Gasteiger partial charge in [0.05, 0.1) is 27.3 Å². The maximum absolute atomic E-state index is 11.5. The summed E-state index contributed by atoms with van der Waals surface area (Å²) >= 11 is 0. The molecule has 146 valence electrons. The zero-order valence-corrected chi connectivity index (χ0v) is 16.5. The molecule has 0 bridgehead atoms. The maximum Gasteiger partial charge on any atom is 0.294 e. The largest absolute Gasteiger partial charge is 0.294 e. The van der Waals surface area contributed by atoms with Gasteiger partial charge < -0.3 is 0 Å². The fourth-order valence-corrected chi connectivity index (χ4v) is 4.05. The average molecular weight is 412 g/mol. The van der Waals surface area contributed by atoms with Crippen molar-refractivity contribution in [2.24, 2.45) is 0 Å². The summed E-state index contributed by atoms with van der Waals surface area (Å²) in [5.41, 5.74) is 4.79. The Morgan fingerprint density at radius 2 is 1.10 bits per heavy atom. The number of hydrogen-bond acceptors (Lipinski definition) is 4. The monoisotopic (exact) mass is 412 g/mol. The summed E-state index contributed by atoms with van der Waals surface area (Å²) in [5, 5.41) is 1.48. The summed E-state index contributed by atoms with van der Waals surface area (Å²) in [6, 6.07) is 27.9. The van der Waals surface area contributed by atoms with Crippen molar-refractivity contribution in [1.82, 2.24) is 9.97 Å². The quantitative estimate of drug-likeness (QED) is 0.319. The van der Waals surface area contributed by atoms with E-state index in [4.69, 9.17) is 9.97 Å². The van der Waals surface area contributed by atoms with Gasteiger partial charge in [-0.1, -0.05) is 66.7 Å². The molecule has 4 aromatic carbocycles. The van der Waals surface area contributed by atoms with Gasteiger partial charge in [0.25, 0.3) is 10.1 Å². The van der Waals surface area contributed by atoms with E-state index in [0.29, 0.717) is 16.4 Å². The van der Waals surface area contributed by atoms with Gasteiger partial charge in [-0.25, -0.2) is 9.97 Å². The topological polar surface area (TPSA) is 80.2 Å². The highest BCUT2D eigenvalue weighted by molar-refractivity contribution is 7.85. The van der Waals surface area contributed by atoms with Crippen LogP contribution in [0.2, 0.25) is 0 Å². The fourth-order valence-electron chi connectivity index (χ4n) is 3.53. The molecule has 0 saturated heterocycles. The molecule has 0 spiro atoms. The highest BCUT2D eigenvalue weighted by Gasteiger charge is 2.15. The molecule has 5 nitrogen and oxygen atoms in total. The molecule has 30 heavy (non-hydrogen) atoms. The lowest BCUT2D eigenvalue weighted by Gasteiger charge is -2.11. The number of nitrogens with zero attached hydrogens (tertiary/aromatic N) is 2. The Hall–Kier alpha value is -3.61. The molecule has 0 radical (unpaired) electrons. The summed E-state index contributed by atoms with van der Waals surface area (Å²) in [6.45, 7) is 0. The lowest BCUT2D eigenvalue weighted by molar-refractivity contribution is 0.483. The zero-order chi connectivity index (χ0) is 20.7. The molecule has 0 atom stereocenters. The van der Waals surface area contributed by atoms with Crippen molar-refractivity contribution in [3.8, 4) is 22.5 Å². The molecule has 0 unspecified atom stereocenters. The second-order valence-electron chi connectivity index (χ2n) is 6.98. The van der Waals surface area contributed by atoms with Gasteiger partial charge in [-0.2, -0.15) is 8.42 Å². The van der Waals surface area contributed by atoms with Crippen molar-refractivity contribution in [3.05, 3.63) is 91.0 Å². The van der Waals surface area contributed by atoms with Crippen LogP contribution in [0.5, 0.6) is 0 Å². The highest BCUT2D eigenvalue weighted by atomic mass is 32.2. The Morgan fingerprint density at radius 1 is 0.600 bits per heavy atom. The number of rotatable bonds is 3. The van der Waals surface area contributed by atoms with Crippen LogP contribution in [0.25, 0.3) is 44.3 Å². The Morgan fingerprint density at radius 3 is 1.60 bits per heavy atom. The Bertz CT molecular complexity index is 1500. The van der Waals surface area contributed by atoms with Crippen molar-refractivity contribution in [2.75, 3.05) is 0 Å². The molecule has 5 rings (SSSR count).